The molecule has 1 aromatic rings. The minimum absolute atomic E-state index is 0.205. The van der Waals surface area contributed by atoms with Crippen molar-refractivity contribution in [1.29, 1.82) is 0 Å². The Labute approximate surface area is 132 Å². The third-order valence-electron chi connectivity index (χ3n) is 3.64. The third-order valence-corrected chi connectivity index (χ3v) is 3.64. The lowest BCUT2D eigenvalue weighted by atomic mass is 10.1. The van der Waals surface area contributed by atoms with E-state index in [-0.39, 0.29) is 38.0 Å². The van der Waals surface area contributed by atoms with Gasteiger partial charge in [-0.1, -0.05) is 12.1 Å². The average molecular weight is 333 g/mol. The molecule has 0 aliphatic carbocycles. The number of urea groups is 1. The standard InChI is InChI=1S/C15H19F4N3O/c16-13-3-1-2-12(10-13)4-5-20-14(23)22-8-6-21(7-9-22)11-15(17,18)19/h1-3,10H,4-9,11H2,(H,20,23). The van der Waals surface area contributed by atoms with Crippen LogP contribution in [0, 0.1) is 5.82 Å². The van der Waals surface area contributed by atoms with Gasteiger partial charge < -0.3 is 10.2 Å². The van der Waals surface area contributed by atoms with Gasteiger partial charge in [0, 0.05) is 32.7 Å². The number of rotatable bonds is 4. The molecule has 128 valence electrons. The van der Waals surface area contributed by atoms with E-state index in [9.17, 15) is 22.4 Å². The van der Waals surface area contributed by atoms with E-state index in [1.807, 2.05) is 0 Å². The van der Waals surface area contributed by atoms with E-state index in [0.29, 0.717) is 13.0 Å². The minimum atomic E-state index is -4.21. The summed E-state index contributed by atoms with van der Waals surface area (Å²) in [4.78, 5) is 14.7. The van der Waals surface area contributed by atoms with E-state index in [1.165, 1.54) is 21.9 Å². The van der Waals surface area contributed by atoms with Gasteiger partial charge in [0.05, 0.1) is 6.54 Å². The maximum Gasteiger partial charge on any atom is 0.401 e. The summed E-state index contributed by atoms with van der Waals surface area (Å²) in [6.45, 7) is 0.352. The second-order valence-electron chi connectivity index (χ2n) is 5.49. The number of halogens is 4. The minimum Gasteiger partial charge on any atom is -0.338 e. The molecule has 1 fully saturated rings. The van der Waals surface area contributed by atoms with Crippen LogP contribution in [0.2, 0.25) is 0 Å². The Morgan fingerprint density at radius 3 is 2.48 bits per heavy atom. The highest BCUT2D eigenvalue weighted by Gasteiger charge is 2.32. The summed E-state index contributed by atoms with van der Waals surface area (Å²) in [5.74, 6) is -0.324. The summed E-state index contributed by atoms with van der Waals surface area (Å²) in [5, 5.41) is 2.71. The molecule has 1 aliphatic rings. The number of nitrogens with one attached hydrogen (secondary N) is 1. The van der Waals surface area contributed by atoms with Crippen LogP contribution in [0.25, 0.3) is 0 Å². The van der Waals surface area contributed by atoms with Crippen LogP contribution in [0.15, 0.2) is 24.3 Å². The van der Waals surface area contributed by atoms with Gasteiger partial charge in [0.1, 0.15) is 5.82 Å². The molecule has 0 saturated carbocycles. The summed E-state index contributed by atoms with van der Waals surface area (Å²) < 4.78 is 49.9. The van der Waals surface area contributed by atoms with E-state index >= 15 is 0 Å². The van der Waals surface area contributed by atoms with Gasteiger partial charge in [-0.15, -0.1) is 0 Å². The van der Waals surface area contributed by atoms with Crippen LogP contribution in [-0.2, 0) is 6.42 Å². The van der Waals surface area contributed by atoms with Gasteiger partial charge in [-0.3, -0.25) is 4.90 Å². The summed E-state index contributed by atoms with van der Waals surface area (Å²) in [6.07, 6.45) is -3.72. The zero-order valence-electron chi connectivity index (χ0n) is 12.6. The molecule has 1 heterocycles. The first-order chi connectivity index (χ1) is 10.8. The van der Waals surface area contributed by atoms with Crippen molar-refractivity contribution >= 4 is 6.03 Å². The lowest BCUT2D eigenvalue weighted by Crippen LogP contribution is -2.53. The van der Waals surface area contributed by atoms with E-state index in [1.54, 1.807) is 12.1 Å². The molecule has 1 aliphatic heterocycles. The number of amides is 2. The Bertz CT molecular complexity index is 528. The highest BCUT2D eigenvalue weighted by atomic mass is 19.4. The summed E-state index contributed by atoms with van der Waals surface area (Å²) in [6, 6.07) is 5.83. The maximum atomic E-state index is 13.0. The smallest absolute Gasteiger partial charge is 0.338 e. The molecule has 0 aromatic heterocycles. The van der Waals surface area contributed by atoms with Crippen molar-refractivity contribution in [3.8, 4) is 0 Å². The zero-order valence-corrected chi connectivity index (χ0v) is 12.6. The van der Waals surface area contributed by atoms with Gasteiger partial charge in [0.15, 0.2) is 0 Å². The SMILES string of the molecule is O=C(NCCc1cccc(F)c1)N1CCN(CC(F)(F)F)CC1. The van der Waals surface area contributed by atoms with Crippen molar-refractivity contribution < 1.29 is 22.4 Å². The molecule has 0 radical (unpaired) electrons. The van der Waals surface area contributed by atoms with Crippen LogP contribution in [0.1, 0.15) is 5.56 Å². The number of benzene rings is 1. The Balaban J connectivity index is 1.69. The van der Waals surface area contributed by atoms with Crippen molar-refractivity contribution in [3.63, 3.8) is 0 Å². The van der Waals surface area contributed by atoms with E-state index in [4.69, 9.17) is 0 Å². The Morgan fingerprint density at radius 1 is 1.17 bits per heavy atom. The maximum absolute atomic E-state index is 13.0. The molecule has 1 aromatic carbocycles. The fourth-order valence-corrected chi connectivity index (χ4v) is 2.48. The van der Waals surface area contributed by atoms with Crippen molar-refractivity contribution in [3.05, 3.63) is 35.6 Å². The van der Waals surface area contributed by atoms with Crippen molar-refractivity contribution in [2.75, 3.05) is 39.3 Å². The normalized spacial score (nSPS) is 16.4. The number of hydrogen-bond donors (Lipinski definition) is 1. The molecule has 1 saturated heterocycles. The first kappa shape index (κ1) is 17.5. The monoisotopic (exact) mass is 333 g/mol. The Morgan fingerprint density at radius 2 is 1.87 bits per heavy atom. The van der Waals surface area contributed by atoms with Crippen LogP contribution in [-0.4, -0.2) is 61.3 Å². The van der Waals surface area contributed by atoms with Crippen LogP contribution in [0.5, 0.6) is 0 Å². The second kappa shape index (κ2) is 7.63. The van der Waals surface area contributed by atoms with Gasteiger partial charge >= 0.3 is 12.2 Å². The summed E-state index contributed by atoms with van der Waals surface area (Å²) >= 11 is 0. The molecular weight excluding hydrogens is 314 g/mol. The average Bonchev–Trinajstić information content (AvgIpc) is 2.46. The van der Waals surface area contributed by atoms with Gasteiger partial charge in [-0.25, -0.2) is 9.18 Å². The fourth-order valence-electron chi connectivity index (χ4n) is 2.48. The molecule has 0 spiro atoms. The van der Waals surface area contributed by atoms with Gasteiger partial charge in [0.2, 0.25) is 0 Å². The molecule has 2 amide bonds. The van der Waals surface area contributed by atoms with Crippen molar-refractivity contribution in [2.24, 2.45) is 0 Å². The summed E-state index contributed by atoms with van der Waals surface area (Å²) in [7, 11) is 0. The largest absolute Gasteiger partial charge is 0.401 e. The first-order valence-corrected chi connectivity index (χ1v) is 7.40. The molecular formula is C15H19F4N3O. The molecule has 1 N–H and O–H groups in total. The van der Waals surface area contributed by atoms with Crippen LogP contribution in [0.4, 0.5) is 22.4 Å². The van der Waals surface area contributed by atoms with E-state index < -0.39 is 12.7 Å². The zero-order chi connectivity index (χ0) is 16.9. The first-order valence-electron chi connectivity index (χ1n) is 7.40. The number of piperazine rings is 1. The molecule has 2 rings (SSSR count). The number of carbonyl (C=O) groups is 1. The molecule has 0 unspecified atom stereocenters. The van der Waals surface area contributed by atoms with Crippen LogP contribution in [0.3, 0.4) is 0 Å². The molecule has 23 heavy (non-hydrogen) atoms. The quantitative estimate of drug-likeness (QED) is 0.858. The molecule has 0 atom stereocenters. The fraction of sp³-hybridized carbons (Fsp3) is 0.533. The predicted molar refractivity (Wildman–Crippen MR) is 77.6 cm³/mol. The predicted octanol–water partition coefficient (Wildman–Crippen LogP) is 2.26. The third kappa shape index (κ3) is 6.05. The number of alkyl halides is 3. The lowest BCUT2D eigenvalue weighted by molar-refractivity contribution is -0.148. The summed E-state index contributed by atoms with van der Waals surface area (Å²) in [5.41, 5.74) is 0.778. The van der Waals surface area contributed by atoms with Crippen molar-refractivity contribution in [1.82, 2.24) is 15.1 Å². The number of nitrogens with zero attached hydrogens (tertiary/aromatic N) is 2. The van der Waals surface area contributed by atoms with Crippen molar-refractivity contribution in [2.45, 2.75) is 12.6 Å². The van der Waals surface area contributed by atoms with E-state index in [2.05, 4.69) is 5.32 Å². The molecule has 8 heteroatoms. The molecule has 0 bridgehead atoms. The molecule has 4 nitrogen and oxygen atoms in total. The topological polar surface area (TPSA) is 35.6 Å². The number of hydrogen-bond acceptors (Lipinski definition) is 2. The number of carbonyl (C=O) groups excluding carboxylic acids is 1. The Hall–Kier alpha value is -1.83. The lowest BCUT2D eigenvalue weighted by Gasteiger charge is -2.34. The van der Waals surface area contributed by atoms with Crippen LogP contribution >= 0.6 is 0 Å². The van der Waals surface area contributed by atoms with Crippen LogP contribution < -0.4 is 5.32 Å². The second-order valence-corrected chi connectivity index (χ2v) is 5.49. The Kier molecular flexibility index (Phi) is 5.81. The van der Waals surface area contributed by atoms with E-state index in [0.717, 1.165) is 5.56 Å². The van der Waals surface area contributed by atoms with Gasteiger partial charge in [-0.05, 0) is 24.1 Å². The van der Waals surface area contributed by atoms with Gasteiger partial charge in [-0.2, -0.15) is 13.2 Å². The van der Waals surface area contributed by atoms with Gasteiger partial charge in [0.25, 0.3) is 0 Å². The highest BCUT2D eigenvalue weighted by molar-refractivity contribution is 5.74. The highest BCUT2D eigenvalue weighted by Crippen LogP contribution is 2.17.